The van der Waals surface area contributed by atoms with Crippen LogP contribution in [0.5, 0.6) is 0 Å². The van der Waals surface area contributed by atoms with Gasteiger partial charge in [-0.15, -0.1) is 0 Å². The number of carbonyl (C=O) groups is 3. The summed E-state index contributed by atoms with van der Waals surface area (Å²) < 4.78 is 5.55. The van der Waals surface area contributed by atoms with Crippen LogP contribution in [0.25, 0.3) is 11.1 Å². The molecule has 1 aliphatic carbocycles. The van der Waals surface area contributed by atoms with Crippen LogP contribution in [-0.4, -0.2) is 64.9 Å². The fourth-order valence-electron chi connectivity index (χ4n) is 4.89. The molecule has 0 aromatic heterocycles. The molecule has 2 aliphatic rings. The number of hydrogen-bond acceptors (Lipinski definition) is 5. The number of nitrogens with zero attached hydrogens (tertiary/aromatic N) is 1. The number of alkyl carbamates (subject to hydrolysis) is 1. The molecule has 3 atom stereocenters. The van der Waals surface area contributed by atoms with Crippen LogP contribution in [-0.2, 0) is 14.3 Å². The van der Waals surface area contributed by atoms with Crippen LogP contribution in [0.3, 0.4) is 0 Å². The van der Waals surface area contributed by atoms with Gasteiger partial charge in [-0.3, -0.25) is 4.79 Å². The highest BCUT2D eigenvalue weighted by atomic mass is 16.5. The maximum Gasteiger partial charge on any atom is 0.407 e. The van der Waals surface area contributed by atoms with Gasteiger partial charge < -0.3 is 25.2 Å². The van der Waals surface area contributed by atoms with E-state index in [-0.39, 0.29) is 32.0 Å². The number of benzene rings is 2. The lowest BCUT2D eigenvalue weighted by molar-refractivity contribution is -0.152. The summed E-state index contributed by atoms with van der Waals surface area (Å²) in [4.78, 5) is 38.5. The second kappa shape index (κ2) is 9.46. The molecule has 1 fully saturated rings. The minimum absolute atomic E-state index is 0.000669. The predicted molar refractivity (Wildman–Crippen MR) is 125 cm³/mol. The highest BCUT2D eigenvalue weighted by Crippen LogP contribution is 2.44. The van der Waals surface area contributed by atoms with Crippen LogP contribution < -0.4 is 5.32 Å². The lowest BCUT2D eigenvalue weighted by Gasteiger charge is -2.33. The molecule has 34 heavy (non-hydrogen) atoms. The molecule has 0 spiro atoms. The van der Waals surface area contributed by atoms with E-state index in [1.165, 1.54) is 4.90 Å². The van der Waals surface area contributed by atoms with E-state index in [0.717, 1.165) is 22.3 Å². The van der Waals surface area contributed by atoms with Crippen LogP contribution in [0.4, 0.5) is 4.79 Å². The van der Waals surface area contributed by atoms with Crippen LogP contribution in [0.15, 0.2) is 48.5 Å². The van der Waals surface area contributed by atoms with Gasteiger partial charge >= 0.3 is 12.1 Å². The summed E-state index contributed by atoms with van der Waals surface area (Å²) in [5, 5.41) is 22.0. The second-order valence-corrected chi connectivity index (χ2v) is 9.29. The van der Waals surface area contributed by atoms with Crippen molar-refractivity contribution >= 4 is 18.0 Å². The molecule has 4 rings (SSSR count). The number of β-amino-alcohol motifs (C(OH)–C–C–N with tert-alkyl or cyclic N) is 1. The molecule has 2 unspecified atom stereocenters. The second-order valence-electron chi connectivity index (χ2n) is 9.29. The van der Waals surface area contributed by atoms with E-state index >= 15 is 0 Å². The summed E-state index contributed by atoms with van der Waals surface area (Å²) in [6.07, 6.45) is -1.12. The maximum atomic E-state index is 13.2. The number of nitrogens with one attached hydrogen (secondary N) is 1. The standard InChI is InChI=1S/C26H30N2O6/c1-3-26(2,24(32)28-13-16(29)12-22(28)23(30)31)15-27-25(33)34-14-21-19-10-6-4-8-17(19)18-9-5-7-11-20(18)21/h4-11,16,21-22,29H,3,12-15H2,1-2H3,(H,27,33)(H,30,31)/t16?,22-,26?/m0/s1. The van der Waals surface area contributed by atoms with Crippen molar-refractivity contribution in [1.29, 1.82) is 0 Å². The molecule has 8 nitrogen and oxygen atoms in total. The van der Waals surface area contributed by atoms with Gasteiger partial charge in [0.1, 0.15) is 12.6 Å². The van der Waals surface area contributed by atoms with Crippen molar-refractivity contribution in [2.24, 2.45) is 5.41 Å². The molecular formula is C26H30N2O6. The zero-order valence-corrected chi connectivity index (χ0v) is 19.4. The smallest absolute Gasteiger partial charge is 0.407 e. The summed E-state index contributed by atoms with van der Waals surface area (Å²) in [6.45, 7) is 3.62. The molecule has 2 aromatic carbocycles. The summed E-state index contributed by atoms with van der Waals surface area (Å²) >= 11 is 0. The highest BCUT2D eigenvalue weighted by Gasteiger charge is 2.45. The van der Waals surface area contributed by atoms with Crippen molar-refractivity contribution in [2.75, 3.05) is 19.7 Å². The number of hydrogen-bond donors (Lipinski definition) is 3. The summed E-state index contributed by atoms with van der Waals surface area (Å²) in [6, 6.07) is 15.0. The average molecular weight is 467 g/mol. The Kier molecular flexibility index (Phi) is 6.61. The number of rotatable bonds is 7. The van der Waals surface area contributed by atoms with Crippen molar-refractivity contribution in [1.82, 2.24) is 10.2 Å². The maximum absolute atomic E-state index is 13.2. The Morgan fingerprint density at radius 3 is 2.24 bits per heavy atom. The largest absolute Gasteiger partial charge is 0.480 e. The molecule has 2 aromatic rings. The Labute approximate surface area is 198 Å². The van der Waals surface area contributed by atoms with E-state index in [9.17, 15) is 24.6 Å². The third kappa shape index (κ3) is 4.37. The molecule has 2 amide bonds. The third-order valence-corrected chi connectivity index (χ3v) is 7.09. The van der Waals surface area contributed by atoms with Crippen molar-refractivity contribution in [3.63, 3.8) is 0 Å². The molecule has 0 saturated carbocycles. The molecule has 1 saturated heterocycles. The number of carboxylic acids is 1. The fraction of sp³-hybridized carbons (Fsp3) is 0.423. The van der Waals surface area contributed by atoms with Crippen LogP contribution >= 0.6 is 0 Å². The number of amides is 2. The normalized spacial score (nSPS) is 20.9. The lowest BCUT2D eigenvalue weighted by atomic mass is 9.85. The van der Waals surface area contributed by atoms with Crippen LogP contribution in [0.2, 0.25) is 0 Å². The summed E-state index contributed by atoms with van der Waals surface area (Å²) in [7, 11) is 0. The summed E-state index contributed by atoms with van der Waals surface area (Å²) in [5.74, 6) is -1.62. The molecule has 3 N–H and O–H groups in total. The molecule has 180 valence electrons. The Morgan fingerprint density at radius 1 is 1.09 bits per heavy atom. The van der Waals surface area contributed by atoms with E-state index in [2.05, 4.69) is 17.4 Å². The molecular weight excluding hydrogens is 436 g/mol. The molecule has 8 heteroatoms. The van der Waals surface area contributed by atoms with Gasteiger partial charge in [-0.05, 0) is 35.6 Å². The number of aliphatic hydroxyl groups excluding tert-OH is 1. The van der Waals surface area contributed by atoms with Gasteiger partial charge in [0, 0.05) is 25.4 Å². The first kappa shape index (κ1) is 23.8. The lowest BCUT2D eigenvalue weighted by Crippen LogP contribution is -2.51. The summed E-state index contributed by atoms with van der Waals surface area (Å²) in [5.41, 5.74) is 3.47. The first-order valence-corrected chi connectivity index (χ1v) is 11.6. The van der Waals surface area contributed by atoms with Gasteiger partial charge in [-0.1, -0.05) is 55.5 Å². The van der Waals surface area contributed by atoms with Crippen molar-refractivity contribution in [3.05, 3.63) is 59.7 Å². The predicted octanol–water partition coefficient (Wildman–Crippen LogP) is 2.99. The number of aliphatic hydroxyl groups is 1. The Balaban J connectivity index is 1.39. The van der Waals surface area contributed by atoms with Gasteiger partial charge in [-0.25, -0.2) is 9.59 Å². The van der Waals surface area contributed by atoms with E-state index < -0.39 is 35.5 Å². The van der Waals surface area contributed by atoms with E-state index in [4.69, 9.17) is 4.74 Å². The zero-order chi connectivity index (χ0) is 24.5. The average Bonchev–Trinajstić information content (AvgIpc) is 3.39. The number of carboxylic acid groups (broad SMARTS) is 1. The SMILES string of the molecule is CCC(C)(CNC(=O)OCC1c2ccccc2-c2ccccc21)C(=O)N1CC(O)C[C@H]1C(=O)O. The van der Waals surface area contributed by atoms with E-state index in [0.29, 0.717) is 6.42 Å². The minimum Gasteiger partial charge on any atom is -0.480 e. The van der Waals surface area contributed by atoms with Crippen molar-refractivity contribution in [3.8, 4) is 11.1 Å². The van der Waals surface area contributed by atoms with Gasteiger partial charge in [0.15, 0.2) is 0 Å². The monoisotopic (exact) mass is 466 g/mol. The van der Waals surface area contributed by atoms with Crippen molar-refractivity contribution in [2.45, 2.75) is 44.8 Å². The number of fused-ring (bicyclic) bond motifs is 3. The van der Waals surface area contributed by atoms with Gasteiger partial charge in [-0.2, -0.15) is 0 Å². The molecule has 1 aliphatic heterocycles. The highest BCUT2D eigenvalue weighted by molar-refractivity contribution is 5.88. The number of likely N-dealkylation sites (tertiary alicyclic amines) is 1. The minimum atomic E-state index is -1.15. The van der Waals surface area contributed by atoms with Gasteiger partial charge in [0.25, 0.3) is 0 Å². The van der Waals surface area contributed by atoms with Crippen LogP contribution in [0.1, 0.15) is 43.7 Å². The third-order valence-electron chi connectivity index (χ3n) is 7.09. The Morgan fingerprint density at radius 2 is 1.68 bits per heavy atom. The first-order chi connectivity index (χ1) is 16.2. The quantitative estimate of drug-likeness (QED) is 0.578. The molecule has 0 radical (unpaired) electrons. The molecule has 1 heterocycles. The zero-order valence-electron chi connectivity index (χ0n) is 19.4. The van der Waals surface area contributed by atoms with Gasteiger partial charge in [0.05, 0.1) is 11.5 Å². The van der Waals surface area contributed by atoms with Gasteiger partial charge in [0.2, 0.25) is 5.91 Å². The number of ether oxygens (including phenoxy) is 1. The van der Waals surface area contributed by atoms with Crippen LogP contribution in [0, 0.1) is 5.41 Å². The fourth-order valence-corrected chi connectivity index (χ4v) is 4.89. The van der Waals surface area contributed by atoms with E-state index in [1.807, 2.05) is 36.4 Å². The Hall–Kier alpha value is -3.39. The Bertz CT molecular complexity index is 1060. The van der Waals surface area contributed by atoms with Crippen molar-refractivity contribution < 1.29 is 29.3 Å². The number of carbonyl (C=O) groups excluding carboxylic acids is 2. The number of aliphatic carboxylic acids is 1. The first-order valence-electron chi connectivity index (χ1n) is 11.6. The topological polar surface area (TPSA) is 116 Å². The molecule has 0 bridgehead atoms. The van der Waals surface area contributed by atoms with E-state index in [1.54, 1.807) is 13.8 Å².